The average Bonchev–Trinajstić information content (AvgIpc) is 3.32. The topological polar surface area (TPSA) is 78.9 Å². The molecule has 6 nitrogen and oxygen atoms in total. The fourth-order valence-corrected chi connectivity index (χ4v) is 2.12. The maximum atomic E-state index is 14.1. The first-order valence-electron chi connectivity index (χ1n) is 7.31. The number of carbonyl (C=O) groups excluding carboxylic acids is 2. The molecular formula is C17H13FN2O4. The summed E-state index contributed by atoms with van der Waals surface area (Å²) in [6.45, 7) is -0.122. The number of anilines is 1. The van der Waals surface area contributed by atoms with Gasteiger partial charge in [0.15, 0.2) is 0 Å². The molecule has 0 unspecified atom stereocenters. The lowest BCUT2D eigenvalue weighted by Gasteiger charge is -2.13. The molecule has 1 aliphatic carbocycles. The Bertz CT molecular complexity index is 811. The van der Waals surface area contributed by atoms with Crippen molar-refractivity contribution in [3.63, 3.8) is 0 Å². The van der Waals surface area contributed by atoms with Gasteiger partial charge in [-0.3, -0.25) is 14.9 Å². The zero-order valence-corrected chi connectivity index (χ0v) is 12.5. The second-order valence-corrected chi connectivity index (χ2v) is 5.42. The summed E-state index contributed by atoms with van der Waals surface area (Å²) in [6, 6.07) is 4.07. The number of halogens is 1. The Labute approximate surface area is 137 Å². The number of hydrogen-bond donors (Lipinski definition) is 2. The highest BCUT2D eigenvalue weighted by Crippen LogP contribution is 2.27. The first-order valence-corrected chi connectivity index (χ1v) is 7.31. The molecule has 2 fully saturated rings. The van der Waals surface area contributed by atoms with E-state index in [4.69, 9.17) is 9.94 Å². The van der Waals surface area contributed by atoms with Gasteiger partial charge in [-0.2, -0.15) is 0 Å². The zero-order valence-electron chi connectivity index (χ0n) is 12.5. The first-order chi connectivity index (χ1) is 11.6. The van der Waals surface area contributed by atoms with Crippen LogP contribution in [0.15, 0.2) is 18.2 Å². The lowest BCUT2D eigenvalue weighted by atomic mass is 10.2. The van der Waals surface area contributed by atoms with Crippen molar-refractivity contribution in [2.45, 2.75) is 18.9 Å². The van der Waals surface area contributed by atoms with Crippen LogP contribution in [0.25, 0.3) is 0 Å². The Balaban J connectivity index is 1.73. The molecule has 24 heavy (non-hydrogen) atoms. The van der Waals surface area contributed by atoms with Gasteiger partial charge in [0.1, 0.15) is 5.82 Å². The Morgan fingerprint density at radius 1 is 1.38 bits per heavy atom. The van der Waals surface area contributed by atoms with Crippen LogP contribution >= 0.6 is 0 Å². The monoisotopic (exact) mass is 328 g/mol. The molecule has 0 bridgehead atoms. The molecule has 1 aromatic carbocycles. The lowest BCUT2D eigenvalue weighted by molar-refractivity contribution is -0.136. The van der Waals surface area contributed by atoms with Crippen molar-refractivity contribution >= 4 is 17.7 Å². The molecule has 1 aromatic rings. The van der Waals surface area contributed by atoms with Crippen molar-refractivity contribution in [1.29, 1.82) is 0 Å². The van der Waals surface area contributed by atoms with E-state index in [2.05, 4.69) is 23.7 Å². The number of benzene rings is 1. The molecule has 2 aliphatic rings. The highest BCUT2D eigenvalue weighted by Gasteiger charge is 2.37. The number of amides is 2. The SMILES string of the molecule is O=C(NO)[C@@H]1CN(c2ccc(C#CC#CC3CC3)c(F)c2)C(=O)O1. The normalized spacial score (nSPS) is 18.8. The van der Waals surface area contributed by atoms with E-state index >= 15 is 0 Å². The van der Waals surface area contributed by atoms with Crippen molar-refractivity contribution < 1.29 is 23.9 Å². The number of rotatable bonds is 2. The molecule has 2 N–H and O–H groups in total. The van der Waals surface area contributed by atoms with Gasteiger partial charge in [0.2, 0.25) is 6.10 Å². The van der Waals surface area contributed by atoms with E-state index in [1.807, 2.05) is 0 Å². The van der Waals surface area contributed by atoms with Gasteiger partial charge in [0, 0.05) is 5.92 Å². The van der Waals surface area contributed by atoms with Crippen LogP contribution < -0.4 is 10.4 Å². The van der Waals surface area contributed by atoms with Crippen LogP contribution in [0, 0.1) is 35.4 Å². The minimum Gasteiger partial charge on any atom is -0.434 e. The highest BCUT2D eigenvalue weighted by atomic mass is 19.1. The van der Waals surface area contributed by atoms with Gasteiger partial charge < -0.3 is 4.74 Å². The summed E-state index contributed by atoms with van der Waals surface area (Å²) in [7, 11) is 0. The maximum absolute atomic E-state index is 14.1. The van der Waals surface area contributed by atoms with Gasteiger partial charge in [-0.1, -0.05) is 5.92 Å². The molecule has 1 saturated heterocycles. The van der Waals surface area contributed by atoms with Crippen molar-refractivity contribution in [2.24, 2.45) is 5.92 Å². The van der Waals surface area contributed by atoms with Gasteiger partial charge in [-0.05, 0) is 48.8 Å². The van der Waals surface area contributed by atoms with E-state index < -0.39 is 23.9 Å². The maximum Gasteiger partial charge on any atom is 0.415 e. The quantitative estimate of drug-likeness (QED) is 0.489. The van der Waals surface area contributed by atoms with E-state index in [0.29, 0.717) is 5.92 Å². The lowest BCUT2D eigenvalue weighted by Crippen LogP contribution is -2.35. The summed E-state index contributed by atoms with van der Waals surface area (Å²) in [5, 5.41) is 8.56. The number of carbonyl (C=O) groups is 2. The molecular weight excluding hydrogens is 315 g/mol. The molecule has 122 valence electrons. The molecule has 3 rings (SSSR count). The molecule has 1 aliphatic heterocycles. The van der Waals surface area contributed by atoms with Crippen LogP contribution in [0.5, 0.6) is 0 Å². The summed E-state index contributed by atoms with van der Waals surface area (Å²) in [5.41, 5.74) is 1.82. The van der Waals surface area contributed by atoms with E-state index in [1.165, 1.54) is 17.6 Å². The van der Waals surface area contributed by atoms with Gasteiger partial charge in [-0.15, -0.1) is 0 Å². The third kappa shape index (κ3) is 3.48. The smallest absolute Gasteiger partial charge is 0.415 e. The third-order valence-corrected chi connectivity index (χ3v) is 3.59. The van der Waals surface area contributed by atoms with Crippen molar-refractivity contribution in [2.75, 3.05) is 11.4 Å². The molecule has 7 heteroatoms. The van der Waals surface area contributed by atoms with Gasteiger partial charge in [0.25, 0.3) is 5.91 Å². The Morgan fingerprint density at radius 3 is 2.83 bits per heavy atom. The van der Waals surface area contributed by atoms with E-state index in [0.717, 1.165) is 23.8 Å². The molecule has 1 saturated carbocycles. The molecule has 2 amide bonds. The molecule has 1 atom stereocenters. The first kappa shape index (κ1) is 15.9. The fourth-order valence-electron chi connectivity index (χ4n) is 2.12. The molecule has 0 spiro atoms. The summed E-state index contributed by atoms with van der Waals surface area (Å²) < 4.78 is 18.9. The predicted octanol–water partition coefficient (Wildman–Crippen LogP) is 1.42. The summed E-state index contributed by atoms with van der Waals surface area (Å²) in [6.07, 6.45) is 0.248. The fraction of sp³-hybridized carbons (Fsp3) is 0.294. The summed E-state index contributed by atoms with van der Waals surface area (Å²) >= 11 is 0. The van der Waals surface area contributed by atoms with Gasteiger partial charge >= 0.3 is 6.09 Å². The minimum absolute atomic E-state index is 0.122. The van der Waals surface area contributed by atoms with E-state index in [1.54, 1.807) is 0 Å². The Hall–Kier alpha value is -3.03. The minimum atomic E-state index is -1.15. The van der Waals surface area contributed by atoms with Gasteiger partial charge in [0.05, 0.1) is 17.8 Å². The summed E-state index contributed by atoms with van der Waals surface area (Å²) in [5.74, 6) is 9.87. The van der Waals surface area contributed by atoms with Crippen molar-refractivity contribution in [3.05, 3.63) is 29.6 Å². The standard InChI is InChI=1S/C17H13FN2O4/c18-14-9-13(20-10-15(16(21)19-23)24-17(20)22)8-7-12(14)4-2-1-3-11-5-6-11/h7-9,11,15,23H,5-6,10H2,(H,19,21)/t15-/m0/s1. The molecule has 1 heterocycles. The molecule has 0 aromatic heterocycles. The number of hydroxylamine groups is 1. The van der Waals surface area contributed by atoms with Crippen LogP contribution in [0.2, 0.25) is 0 Å². The zero-order chi connectivity index (χ0) is 17.1. The summed E-state index contributed by atoms with van der Waals surface area (Å²) in [4.78, 5) is 24.1. The van der Waals surface area contributed by atoms with Crippen LogP contribution in [-0.2, 0) is 9.53 Å². The largest absolute Gasteiger partial charge is 0.434 e. The Morgan fingerprint density at radius 2 is 2.17 bits per heavy atom. The highest BCUT2D eigenvalue weighted by molar-refractivity contribution is 5.95. The number of nitrogens with zero attached hydrogens (tertiary/aromatic N) is 1. The second-order valence-electron chi connectivity index (χ2n) is 5.42. The third-order valence-electron chi connectivity index (χ3n) is 3.59. The number of nitrogens with one attached hydrogen (secondary N) is 1. The predicted molar refractivity (Wildman–Crippen MR) is 81.3 cm³/mol. The Kier molecular flexibility index (Phi) is 4.37. The van der Waals surface area contributed by atoms with Gasteiger partial charge in [-0.25, -0.2) is 14.7 Å². The van der Waals surface area contributed by atoms with Crippen LogP contribution in [0.1, 0.15) is 18.4 Å². The van der Waals surface area contributed by atoms with Crippen LogP contribution in [-0.4, -0.2) is 29.9 Å². The van der Waals surface area contributed by atoms with Crippen molar-refractivity contribution in [1.82, 2.24) is 5.48 Å². The molecule has 0 radical (unpaired) electrons. The number of hydrogen-bond acceptors (Lipinski definition) is 4. The van der Waals surface area contributed by atoms with Crippen LogP contribution in [0.3, 0.4) is 0 Å². The van der Waals surface area contributed by atoms with Crippen LogP contribution in [0.4, 0.5) is 14.9 Å². The number of ether oxygens (including phenoxy) is 1. The number of cyclic esters (lactones) is 1. The average molecular weight is 328 g/mol. The van der Waals surface area contributed by atoms with Crippen molar-refractivity contribution in [3.8, 4) is 23.7 Å². The second kappa shape index (κ2) is 6.61. The van der Waals surface area contributed by atoms with E-state index in [-0.39, 0.29) is 17.8 Å². The van der Waals surface area contributed by atoms with E-state index in [9.17, 15) is 14.0 Å².